The molecule has 0 radical (unpaired) electrons. The Morgan fingerprint density at radius 3 is 1.00 bits per heavy atom. The maximum Gasteiger partial charge on any atom is 0.187 e. The molecule has 4 heteroatoms. The SMILES string of the molecule is [AlH3].o1oo1. The van der Waals surface area contributed by atoms with Crippen LogP contribution in [-0.4, -0.2) is 17.4 Å². The summed E-state index contributed by atoms with van der Waals surface area (Å²) in [6, 6.07) is 0. The molecular formula is H3AlO3. The van der Waals surface area contributed by atoms with Crippen LogP contribution in [0.3, 0.4) is 0 Å². The molecule has 1 aromatic heterocycles. The second kappa shape index (κ2) is 1.27. The van der Waals surface area contributed by atoms with Gasteiger partial charge in [0.25, 0.3) is 0 Å². The van der Waals surface area contributed by atoms with Gasteiger partial charge in [-0.25, -0.2) is 0 Å². The molecule has 0 saturated carbocycles. The van der Waals surface area contributed by atoms with Gasteiger partial charge in [-0.2, -0.15) is 0 Å². The third-order valence-electron chi connectivity index (χ3n) is 0.0680. The fraction of sp³-hybridized carbons (Fsp3) is 0. The summed E-state index contributed by atoms with van der Waals surface area (Å²) >= 11 is 0. The lowest BCUT2D eigenvalue weighted by Crippen LogP contribution is -0.661. The third-order valence-corrected chi connectivity index (χ3v) is 0.0680. The van der Waals surface area contributed by atoms with Gasteiger partial charge in [0.2, 0.25) is 0 Å². The van der Waals surface area contributed by atoms with Crippen molar-refractivity contribution in [2.75, 3.05) is 0 Å². The minimum atomic E-state index is 0. The van der Waals surface area contributed by atoms with Gasteiger partial charge in [0.15, 0.2) is 17.4 Å². The van der Waals surface area contributed by atoms with Crippen molar-refractivity contribution < 1.29 is 14.2 Å². The predicted molar refractivity (Wildman–Crippen MR) is 13.2 cm³/mol. The minimum Gasteiger partial charge on any atom is 0 e. The topological polar surface area (TPSA) is 39.4 Å². The molecule has 0 atom stereocenters. The first-order chi connectivity index (χ1) is 1.50. The zero-order chi connectivity index (χ0) is 2.12. The van der Waals surface area contributed by atoms with E-state index in [1.165, 1.54) is 0 Å². The van der Waals surface area contributed by atoms with E-state index in [-0.39, 0.29) is 17.4 Å². The molecule has 0 aliphatic carbocycles. The Balaban J connectivity index is 0.0000000900. The number of hydrogen-bond acceptors (Lipinski definition) is 3. The first kappa shape index (κ1) is 3.93. The molecule has 0 amide bonds. The largest absolute Gasteiger partial charge is 0.187 e. The zero-order valence-corrected chi connectivity index (χ0v) is 1.22. The Labute approximate surface area is 32.5 Å². The summed E-state index contributed by atoms with van der Waals surface area (Å²) in [5.74, 6) is 0. The average molecular weight is 78.0 g/mol. The molecule has 1 heterocycles. The van der Waals surface area contributed by atoms with E-state index in [0.717, 1.165) is 0 Å². The van der Waals surface area contributed by atoms with E-state index in [9.17, 15) is 0 Å². The zero-order valence-electron chi connectivity index (χ0n) is 1.22. The van der Waals surface area contributed by atoms with Crippen molar-refractivity contribution in [2.45, 2.75) is 0 Å². The Kier molecular flexibility index (Phi) is 1.25. The van der Waals surface area contributed by atoms with E-state index in [1.54, 1.807) is 0 Å². The van der Waals surface area contributed by atoms with Gasteiger partial charge in [-0.05, 0) is 0 Å². The second-order valence-corrected chi connectivity index (χ2v) is 0.204. The number of rotatable bonds is 0. The lowest BCUT2D eigenvalue weighted by molar-refractivity contribution is 0.264. The molecule has 0 N–H and O–H groups in total. The van der Waals surface area contributed by atoms with Crippen LogP contribution in [0, 0.1) is 0 Å². The minimum absolute atomic E-state index is 0. The Bertz CT molecular complexity index is 31.4. The molecule has 0 aliphatic heterocycles. The molecule has 3 nitrogen and oxygen atoms in total. The summed E-state index contributed by atoms with van der Waals surface area (Å²) in [5, 5.41) is 0. The highest BCUT2D eigenvalue weighted by Gasteiger charge is 1.63. The molecule has 0 spiro atoms. The maximum atomic E-state index is 3.50. The van der Waals surface area contributed by atoms with E-state index in [2.05, 4.69) is 14.2 Å². The molecule has 0 bridgehead atoms. The Morgan fingerprint density at radius 1 is 0.750 bits per heavy atom. The van der Waals surface area contributed by atoms with Crippen LogP contribution in [0.2, 0.25) is 0 Å². The first-order valence-corrected chi connectivity index (χ1v) is 0.500. The smallest absolute Gasteiger partial charge is 0 e. The van der Waals surface area contributed by atoms with Crippen LogP contribution < -0.4 is 0 Å². The van der Waals surface area contributed by atoms with E-state index in [1.807, 2.05) is 0 Å². The standard InChI is InChI=1S/Al.O3.3H/c;1-2-3-1;;;. The lowest BCUT2D eigenvalue weighted by Gasteiger charge is -0.816. The van der Waals surface area contributed by atoms with Crippen molar-refractivity contribution in [3.63, 3.8) is 0 Å². The summed E-state index contributed by atoms with van der Waals surface area (Å²) < 4.78 is 10.5. The van der Waals surface area contributed by atoms with Gasteiger partial charge in [0, 0.05) is 14.2 Å². The van der Waals surface area contributed by atoms with E-state index < -0.39 is 0 Å². The molecule has 1 aromatic rings. The van der Waals surface area contributed by atoms with Gasteiger partial charge >= 0.3 is 0 Å². The second-order valence-electron chi connectivity index (χ2n) is 0.204. The van der Waals surface area contributed by atoms with E-state index in [0.29, 0.717) is 0 Å². The van der Waals surface area contributed by atoms with Crippen molar-refractivity contribution in [1.82, 2.24) is 0 Å². The highest BCUT2D eigenvalue weighted by atomic mass is 27.0. The van der Waals surface area contributed by atoms with Crippen LogP contribution in [0.25, 0.3) is 0 Å². The summed E-state index contributed by atoms with van der Waals surface area (Å²) in [6.45, 7) is 0. The lowest BCUT2D eigenvalue weighted by atomic mass is 15.2. The molecule has 0 unspecified atom stereocenters. The molecule has 0 aromatic carbocycles. The quantitative estimate of drug-likeness (QED) is 0.303. The molecule has 0 aliphatic rings. The third kappa shape index (κ3) is 1.93. The van der Waals surface area contributed by atoms with Gasteiger partial charge in [0.05, 0.1) is 0 Å². The fourth-order valence-electron chi connectivity index (χ4n) is 0. The Hall–Kier alpha value is -0.0675. The summed E-state index contributed by atoms with van der Waals surface area (Å²) in [4.78, 5) is 0. The molecule has 0 saturated heterocycles. The molecule has 0 fully saturated rings. The normalized spacial score (nSPS) is 6.00. The van der Waals surface area contributed by atoms with Gasteiger partial charge < -0.3 is 0 Å². The predicted octanol–water partition coefficient (Wildman–Crippen LogP) is -0.718. The Morgan fingerprint density at radius 2 is 1.00 bits per heavy atom. The number of hydrogen-bond donors (Lipinski definition) is 0. The maximum absolute atomic E-state index is 3.50. The van der Waals surface area contributed by atoms with E-state index in [4.69, 9.17) is 0 Å². The molecule has 24 valence electrons. The highest BCUT2D eigenvalue weighted by molar-refractivity contribution is 5.75. The average Bonchev–Trinajstić information content (AvgIpc) is 1.46. The monoisotopic (exact) mass is 78.0 g/mol. The van der Waals surface area contributed by atoms with Crippen LogP contribution in [0.5, 0.6) is 0 Å². The van der Waals surface area contributed by atoms with Crippen molar-refractivity contribution >= 4 is 17.4 Å². The highest BCUT2D eigenvalue weighted by Crippen LogP contribution is 1.79. The van der Waals surface area contributed by atoms with Crippen molar-refractivity contribution in [3.05, 3.63) is 0 Å². The first-order valence-electron chi connectivity index (χ1n) is 0.500. The van der Waals surface area contributed by atoms with Gasteiger partial charge in [-0.3, -0.25) is 0 Å². The van der Waals surface area contributed by atoms with Gasteiger partial charge in [-0.1, -0.05) is 0 Å². The van der Waals surface area contributed by atoms with E-state index >= 15 is 0 Å². The summed E-state index contributed by atoms with van der Waals surface area (Å²) in [7, 11) is 0. The van der Waals surface area contributed by atoms with Crippen molar-refractivity contribution in [2.24, 2.45) is 0 Å². The fourth-order valence-corrected chi connectivity index (χ4v) is 0. The van der Waals surface area contributed by atoms with Crippen molar-refractivity contribution in [3.8, 4) is 0 Å². The molecule has 4 heavy (non-hydrogen) atoms. The van der Waals surface area contributed by atoms with Gasteiger partial charge in [-0.15, -0.1) is 0 Å². The van der Waals surface area contributed by atoms with Crippen LogP contribution in [-0.2, 0) is 0 Å². The summed E-state index contributed by atoms with van der Waals surface area (Å²) in [6.07, 6.45) is 0. The van der Waals surface area contributed by atoms with Crippen LogP contribution in [0.1, 0.15) is 0 Å². The van der Waals surface area contributed by atoms with Crippen molar-refractivity contribution in [1.29, 1.82) is 0 Å². The van der Waals surface area contributed by atoms with Crippen LogP contribution in [0.15, 0.2) is 14.2 Å². The molecular weight excluding hydrogens is 75.0 g/mol. The van der Waals surface area contributed by atoms with Crippen LogP contribution in [0.4, 0.5) is 0 Å². The molecule has 1 rings (SSSR count). The van der Waals surface area contributed by atoms with Crippen LogP contribution >= 0.6 is 0 Å². The van der Waals surface area contributed by atoms with Gasteiger partial charge in [0.1, 0.15) is 0 Å². The summed E-state index contributed by atoms with van der Waals surface area (Å²) in [5.41, 5.74) is 0.